The average Bonchev–Trinajstić information content (AvgIpc) is 2.32. The maximum absolute atomic E-state index is 13.8. The number of benzene rings is 1. The molecule has 7 heteroatoms. The summed E-state index contributed by atoms with van der Waals surface area (Å²) in [5.41, 5.74) is -1.36. The van der Waals surface area contributed by atoms with Crippen LogP contribution in [0.15, 0.2) is 12.1 Å². The van der Waals surface area contributed by atoms with E-state index in [4.69, 9.17) is 28.5 Å². The van der Waals surface area contributed by atoms with E-state index in [9.17, 15) is 13.6 Å². The summed E-state index contributed by atoms with van der Waals surface area (Å²) in [4.78, 5) is 11.2. The van der Waals surface area contributed by atoms with Gasteiger partial charge in [0, 0.05) is 0 Å². The standard InChI is InChI=1S/C11H7Cl2F2NO2/c1-2-18-10(17)11(14,15)7-3-4-8(12)9(13)6(7)5-16/h3-4H,2H2,1H3. The number of esters is 1. The fourth-order valence-electron chi connectivity index (χ4n) is 1.25. The average molecular weight is 294 g/mol. The van der Waals surface area contributed by atoms with E-state index in [1.54, 1.807) is 0 Å². The van der Waals surface area contributed by atoms with Crippen LogP contribution in [-0.2, 0) is 15.5 Å². The van der Waals surface area contributed by atoms with Gasteiger partial charge in [-0.05, 0) is 19.1 Å². The van der Waals surface area contributed by atoms with Crippen LogP contribution < -0.4 is 0 Å². The Bertz CT molecular complexity index is 527. The highest BCUT2D eigenvalue weighted by Crippen LogP contribution is 2.37. The Hall–Kier alpha value is -1.38. The first-order valence-electron chi connectivity index (χ1n) is 4.79. The zero-order chi connectivity index (χ0) is 13.9. The first kappa shape index (κ1) is 14.7. The first-order chi connectivity index (χ1) is 8.36. The Kier molecular flexibility index (Phi) is 4.49. The number of rotatable bonds is 3. The molecule has 0 radical (unpaired) electrons. The van der Waals surface area contributed by atoms with Crippen LogP contribution >= 0.6 is 23.2 Å². The van der Waals surface area contributed by atoms with Crippen molar-refractivity contribution in [3.8, 4) is 6.07 Å². The summed E-state index contributed by atoms with van der Waals surface area (Å²) in [6, 6.07) is 3.47. The van der Waals surface area contributed by atoms with Crippen LogP contribution in [0.5, 0.6) is 0 Å². The number of carbonyl (C=O) groups excluding carboxylic acids is 1. The molecule has 0 saturated heterocycles. The Morgan fingerprint density at radius 1 is 1.50 bits per heavy atom. The molecule has 0 aliphatic rings. The second-order valence-electron chi connectivity index (χ2n) is 3.19. The second kappa shape index (κ2) is 5.51. The van der Waals surface area contributed by atoms with E-state index >= 15 is 0 Å². The first-order valence-corrected chi connectivity index (χ1v) is 5.55. The third kappa shape index (κ3) is 2.55. The van der Waals surface area contributed by atoms with Gasteiger partial charge in [0.1, 0.15) is 6.07 Å². The van der Waals surface area contributed by atoms with Crippen molar-refractivity contribution >= 4 is 29.2 Å². The predicted molar refractivity (Wildman–Crippen MR) is 61.7 cm³/mol. The van der Waals surface area contributed by atoms with Gasteiger partial charge in [-0.2, -0.15) is 14.0 Å². The van der Waals surface area contributed by atoms with Gasteiger partial charge in [0.25, 0.3) is 0 Å². The number of carbonyl (C=O) groups is 1. The number of halogens is 4. The summed E-state index contributed by atoms with van der Waals surface area (Å²) in [6.45, 7) is 1.20. The van der Waals surface area contributed by atoms with Gasteiger partial charge in [-0.3, -0.25) is 0 Å². The van der Waals surface area contributed by atoms with Gasteiger partial charge in [0.05, 0.1) is 27.8 Å². The van der Waals surface area contributed by atoms with Crippen LogP contribution in [0.25, 0.3) is 0 Å². The van der Waals surface area contributed by atoms with E-state index in [0.29, 0.717) is 0 Å². The topological polar surface area (TPSA) is 50.1 Å². The highest BCUT2D eigenvalue weighted by molar-refractivity contribution is 6.42. The SMILES string of the molecule is CCOC(=O)C(F)(F)c1ccc(Cl)c(Cl)c1C#N. The van der Waals surface area contributed by atoms with E-state index in [2.05, 4.69) is 4.74 Å². The van der Waals surface area contributed by atoms with Crippen LogP contribution in [0.3, 0.4) is 0 Å². The number of nitriles is 1. The molecule has 0 aliphatic carbocycles. The molecule has 0 aromatic heterocycles. The van der Waals surface area contributed by atoms with Gasteiger partial charge < -0.3 is 4.74 Å². The highest BCUT2D eigenvalue weighted by Gasteiger charge is 2.45. The third-order valence-electron chi connectivity index (χ3n) is 2.08. The van der Waals surface area contributed by atoms with E-state index in [-0.39, 0.29) is 16.7 Å². The molecule has 18 heavy (non-hydrogen) atoms. The normalized spacial score (nSPS) is 10.9. The van der Waals surface area contributed by atoms with E-state index < -0.39 is 23.0 Å². The van der Waals surface area contributed by atoms with Gasteiger partial charge in [-0.25, -0.2) is 4.79 Å². The number of ether oxygens (including phenoxy) is 1. The molecule has 1 aromatic carbocycles. The minimum atomic E-state index is -3.95. The lowest BCUT2D eigenvalue weighted by atomic mass is 10.0. The smallest absolute Gasteiger partial charge is 0.382 e. The number of alkyl halides is 2. The zero-order valence-electron chi connectivity index (χ0n) is 9.14. The molecule has 0 aliphatic heterocycles. The third-order valence-corrected chi connectivity index (χ3v) is 2.88. The summed E-state index contributed by atoms with van der Waals surface area (Å²) in [5.74, 6) is -5.69. The zero-order valence-corrected chi connectivity index (χ0v) is 10.6. The number of hydrogen-bond donors (Lipinski definition) is 0. The number of nitrogens with zero attached hydrogens (tertiary/aromatic N) is 1. The molecule has 3 nitrogen and oxygen atoms in total. The van der Waals surface area contributed by atoms with Gasteiger partial charge in [0.2, 0.25) is 0 Å². The van der Waals surface area contributed by atoms with Crippen molar-refractivity contribution < 1.29 is 18.3 Å². The van der Waals surface area contributed by atoms with Crippen LogP contribution in [0.1, 0.15) is 18.1 Å². The van der Waals surface area contributed by atoms with E-state index in [1.807, 2.05) is 0 Å². The monoisotopic (exact) mass is 293 g/mol. The molecule has 0 saturated carbocycles. The molecule has 0 amide bonds. The summed E-state index contributed by atoms with van der Waals surface area (Å²) < 4.78 is 31.8. The molecular formula is C11H7Cl2F2NO2. The largest absolute Gasteiger partial charge is 0.461 e. The summed E-state index contributed by atoms with van der Waals surface area (Å²) >= 11 is 11.3. The Morgan fingerprint density at radius 2 is 2.11 bits per heavy atom. The molecule has 96 valence electrons. The van der Waals surface area contributed by atoms with E-state index in [1.165, 1.54) is 13.0 Å². The van der Waals surface area contributed by atoms with Crippen molar-refractivity contribution in [2.45, 2.75) is 12.8 Å². The molecule has 1 rings (SSSR count). The lowest BCUT2D eigenvalue weighted by molar-refractivity contribution is -0.173. The number of hydrogen-bond acceptors (Lipinski definition) is 3. The fraction of sp³-hybridized carbons (Fsp3) is 0.273. The predicted octanol–water partition coefficient (Wildman–Crippen LogP) is 3.52. The molecule has 0 N–H and O–H groups in total. The fourth-order valence-corrected chi connectivity index (χ4v) is 1.62. The lowest BCUT2D eigenvalue weighted by Gasteiger charge is -2.16. The van der Waals surface area contributed by atoms with Crippen molar-refractivity contribution in [3.05, 3.63) is 33.3 Å². The van der Waals surface area contributed by atoms with Crippen molar-refractivity contribution in [2.24, 2.45) is 0 Å². The minimum absolute atomic E-state index is 0.0448. The van der Waals surface area contributed by atoms with Crippen molar-refractivity contribution in [1.29, 1.82) is 5.26 Å². The van der Waals surface area contributed by atoms with Crippen LogP contribution in [-0.4, -0.2) is 12.6 Å². The highest BCUT2D eigenvalue weighted by atomic mass is 35.5. The maximum atomic E-state index is 13.8. The van der Waals surface area contributed by atoms with Crippen LogP contribution in [0.4, 0.5) is 8.78 Å². The van der Waals surface area contributed by atoms with Gasteiger partial charge in [0.15, 0.2) is 0 Å². The van der Waals surface area contributed by atoms with Gasteiger partial charge in [-0.1, -0.05) is 23.2 Å². The molecule has 1 aromatic rings. The van der Waals surface area contributed by atoms with E-state index in [0.717, 1.165) is 12.1 Å². The maximum Gasteiger partial charge on any atom is 0.382 e. The second-order valence-corrected chi connectivity index (χ2v) is 3.98. The minimum Gasteiger partial charge on any atom is -0.461 e. The molecule has 0 bridgehead atoms. The molecule has 0 unspecified atom stereocenters. The molecule has 0 atom stereocenters. The van der Waals surface area contributed by atoms with Gasteiger partial charge in [-0.15, -0.1) is 0 Å². The molecule has 0 fully saturated rings. The Balaban J connectivity index is 3.38. The van der Waals surface area contributed by atoms with Crippen LogP contribution in [0, 0.1) is 11.3 Å². The molecular weight excluding hydrogens is 287 g/mol. The van der Waals surface area contributed by atoms with Gasteiger partial charge >= 0.3 is 11.9 Å². The van der Waals surface area contributed by atoms with Crippen molar-refractivity contribution in [3.63, 3.8) is 0 Å². The molecule has 0 spiro atoms. The Labute approximate surface area is 112 Å². The van der Waals surface area contributed by atoms with Crippen molar-refractivity contribution in [2.75, 3.05) is 6.61 Å². The Morgan fingerprint density at radius 3 is 2.61 bits per heavy atom. The quantitative estimate of drug-likeness (QED) is 0.801. The lowest BCUT2D eigenvalue weighted by Crippen LogP contribution is -2.29. The molecule has 0 heterocycles. The van der Waals surface area contributed by atoms with Crippen molar-refractivity contribution in [1.82, 2.24) is 0 Å². The van der Waals surface area contributed by atoms with Crippen LogP contribution in [0.2, 0.25) is 10.0 Å². The summed E-state index contributed by atoms with van der Waals surface area (Å²) in [7, 11) is 0. The summed E-state index contributed by atoms with van der Waals surface area (Å²) in [5, 5.41) is 8.46. The summed E-state index contributed by atoms with van der Waals surface area (Å²) in [6.07, 6.45) is 0.